The first kappa shape index (κ1) is 17.1. The molecule has 1 atom stereocenters. The minimum absolute atomic E-state index is 0.00454. The maximum absolute atomic E-state index is 11.9. The van der Waals surface area contributed by atoms with Crippen molar-refractivity contribution in [3.05, 3.63) is 65.7 Å². The fourth-order valence-corrected chi connectivity index (χ4v) is 2.04. The third-order valence-electron chi connectivity index (χ3n) is 3.21. The van der Waals surface area contributed by atoms with E-state index in [9.17, 15) is 14.7 Å². The summed E-state index contributed by atoms with van der Waals surface area (Å²) in [7, 11) is 1.42. The van der Waals surface area contributed by atoms with E-state index in [2.05, 4.69) is 0 Å². The van der Waals surface area contributed by atoms with Gasteiger partial charge in [0.2, 0.25) is 6.10 Å². The van der Waals surface area contributed by atoms with Crippen molar-refractivity contribution in [1.29, 1.82) is 0 Å². The van der Waals surface area contributed by atoms with Gasteiger partial charge in [-0.15, -0.1) is 0 Å². The summed E-state index contributed by atoms with van der Waals surface area (Å²) in [5.74, 6) is -1.19. The zero-order valence-electron chi connectivity index (χ0n) is 13.0. The summed E-state index contributed by atoms with van der Waals surface area (Å²) in [4.78, 5) is 23.4. The van der Waals surface area contributed by atoms with Gasteiger partial charge >= 0.3 is 5.97 Å². The van der Waals surface area contributed by atoms with Crippen LogP contribution in [0, 0.1) is 0 Å². The van der Waals surface area contributed by atoms with Gasteiger partial charge in [-0.1, -0.05) is 36.4 Å². The highest BCUT2D eigenvalue weighted by Gasteiger charge is 2.21. The molecule has 2 aromatic rings. The first-order valence-corrected chi connectivity index (χ1v) is 7.11. The summed E-state index contributed by atoms with van der Waals surface area (Å²) < 4.78 is 10.1. The Morgan fingerprint density at radius 3 is 2.50 bits per heavy atom. The number of carbonyl (C=O) groups is 2. The Kier molecular flexibility index (Phi) is 5.57. The second-order valence-corrected chi connectivity index (χ2v) is 4.89. The molecular weight excluding hydrogens is 310 g/mol. The van der Waals surface area contributed by atoms with Crippen LogP contribution in [0.25, 0.3) is 6.08 Å². The van der Waals surface area contributed by atoms with Gasteiger partial charge in [0, 0.05) is 11.6 Å². The molecule has 2 rings (SSSR count). The predicted octanol–water partition coefficient (Wildman–Crippen LogP) is 2.18. The highest BCUT2D eigenvalue weighted by atomic mass is 16.5. The number of methoxy groups -OCH3 is 1. The minimum Gasteiger partial charge on any atom is -0.504 e. The normalized spacial score (nSPS) is 11.9. The zero-order valence-corrected chi connectivity index (χ0v) is 13.0. The Morgan fingerprint density at radius 2 is 1.88 bits per heavy atom. The summed E-state index contributed by atoms with van der Waals surface area (Å²) in [6, 6.07) is 13.1. The van der Waals surface area contributed by atoms with Crippen molar-refractivity contribution in [2.45, 2.75) is 6.10 Å². The molecule has 0 spiro atoms. The van der Waals surface area contributed by atoms with Crippen LogP contribution >= 0.6 is 0 Å². The van der Waals surface area contributed by atoms with Gasteiger partial charge in [0.15, 0.2) is 11.5 Å². The smallest absolute Gasteiger partial charge is 0.331 e. The summed E-state index contributed by atoms with van der Waals surface area (Å²) in [5, 5.41) is 9.53. The fraction of sp³-hybridized carbons (Fsp3) is 0.111. The number of aromatic hydroxyl groups is 1. The summed E-state index contributed by atoms with van der Waals surface area (Å²) in [6.07, 6.45) is 1.50. The van der Waals surface area contributed by atoms with Gasteiger partial charge in [0.25, 0.3) is 5.91 Å². The molecule has 0 aliphatic heterocycles. The molecule has 0 saturated carbocycles. The molecule has 0 bridgehead atoms. The molecule has 1 amide bonds. The number of esters is 1. The van der Waals surface area contributed by atoms with Gasteiger partial charge in [-0.05, 0) is 23.8 Å². The molecule has 3 N–H and O–H groups in total. The third-order valence-corrected chi connectivity index (χ3v) is 3.21. The number of hydrogen-bond acceptors (Lipinski definition) is 5. The molecule has 0 saturated heterocycles. The lowest BCUT2D eigenvalue weighted by molar-refractivity contribution is -0.150. The van der Waals surface area contributed by atoms with Crippen molar-refractivity contribution in [3.8, 4) is 11.5 Å². The molecule has 0 aliphatic rings. The Morgan fingerprint density at radius 1 is 1.17 bits per heavy atom. The number of ether oxygens (including phenoxy) is 2. The molecule has 2 aromatic carbocycles. The van der Waals surface area contributed by atoms with Crippen molar-refractivity contribution >= 4 is 18.0 Å². The summed E-state index contributed by atoms with van der Waals surface area (Å²) >= 11 is 0. The average Bonchev–Trinajstić information content (AvgIpc) is 2.59. The van der Waals surface area contributed by atoms with Crippen molar-refractivity contribution in [2.75, 3.05) is 7.11 Å². The molecule has 6 nitrogen and oxygen atoms in total. The Bertz CT molecular complexity index is 755. The van der Waals surface area contributed by atoms with E-state index in [4.69, 9.17) is 15.2 Å². The van der Waals surface area contributed by atoms with Crippen molar-refractivity contribution in [2.24, 2.45) is 5.73 Å². The van der Waals surface area contributed by atoms with Crippen LogP contribution < -0.4 is 10.5 Å². The van der Waals surface area contributed by atoms with Crippen LogP contribution in [0.15, 0.2) is 54.6 Å². The largest absolute Gasteiger partial charge is 0.504 e. The lowest BCUT2D eigenvalue weighted by Gasteiger charge is -2.13. The van der Waals surface area contributed by atoms with Gasteiger partial charge < -0.3 is 20.3 Å². The number of phenols is 1. The van der Waals surface area contributed by atoms with E-state index in [1.54, 1.807) is 42.5 Å². The number of benzene rings is 2. The Labute approximate surface area is 139 Å². The average molecular weight is 327 g/mol. The van der Waals surface area contributed by atoms with E-state index < -0.39 is 18.0 Å². The highest BCUT2D eigenvalue weighted by Crippen LogP contribution is 2.26. The molecule has 0 fully saturated rings. The van der Waals surface area contributed by atoms with Crippen LogP contribution in [0.5, 0.6) is 11.5 Å². The third kappa shape index (κ3) is 4.36. The van der Waals surface area contributed by atoms with Gasteiger partial charge in [0.1, 0.15) is 0 Å². The number of amides is 1. The Hall–Kier alpha value is -3.28. The standard InChI is InChI=1S/C18H17NO5/c1-23-15-11-12(7-9-14(15)20)8-10-16(21)24-17(18(19)22)13-5-3-2-4-6-13/h2-11,17,20H,1H3,(H2,19,22)/b10-8+. The molecule has 124 valence electrons. The first-order valence-electron chi connectivity index (χ1n) is 7.11. The van der Waals surface area contributed by atoms with Crippen LogP contribution in [0.1, 0.15) is 17.2 Å². The second kappa shape index (κ2) is 7.82. The number of hydrogen-bond donors (Lipinski definition) is 2. The van der Waals surface area contributed by atoms with Crippen LogP contribution in [0.4, 0.5) is 0 Å². The first-order chi connectivity index (χ1) is 11.5. The van der Waals surface area contributed by atoms with E-state index >= 15 is 0 Å². The fourth-order valence-electron chi connectivity index (χ4n) is 2.04. The Balaban J connectivity index is 2.10. The SMILES string of the molecule is COc1cc(/C=C/C(=O)OC(C(N)=O)c2ccccc2)ccc1O. The van der Waals surface area contributed by atoms with E-state index in [-0.39, 0.29) is 11.5 Å². The number of carbonyl (C=O) groups excluding carboxylic acids is 2. The van der Waals surface area contributed by atoms with Crippen LogP contribution in [0.3, 0.4) is 0 Å². The van der Waals surface area contributed by atoms with Crippen molar-refractivity contribution in [3.63, 3.8) is 0 Å². The van der Waals surface area contributed by atoms with Crippen molar-refractivity contribution in [1.82, 2.24) is 0 Å². The quantitative estimate of drug-likeness (QED) is 0.626. The van der Waals surface area contributed by atoms with Crippen LogP contribution in [-0.4, -0.2) is 24.1 Å². The van der Waals surface area contributed by atoms with E-state index in [0.717, 1.165) is 0 Å². The number of rotatable bonds is 6. The van der Waals surface area contributed by atoms with E-state index in [0.29, 0.717) is 11.1 Å². The van der Waals surface area contributed by atoms with Gasteiger partial charge in [-0.2, -0.15) is 0 Å². The molecule has 0 aliphatic carbocycles. The maximum Gasteiger partial charge on any atom is 0.331 e. The summed E-state index contributed by atoms with van der Waals surface area (Å²) in [6.45, 7) is 0. The lowest BCUT2D eigenvalue weighted by atomic mass is 10.1. The van der Waals surface area contributed by atoms with Gasteiger partial charge in [0.05, 0.1) is 7.11 Å². The molecule has 0 heterocycles. The molecule has 0 radical (unpaired) electrons. The maximum atomic E-state index is 11.9. The van der Waals surface area contributed by atoms with Gasteiger partial charge in [-0.25, -0.2) is 4.79 Å². The monoisotopic (exact) mass is 327 g/mol. The second-order valence-electron chi connectivity index (χ2n) is 4.89. The predicted molar refractivity (Wildman–Crippen MR) is 88.2 cm³/mol. The van der Waals surface area contributed by atoms with E-state index in [1.165, 1.54) is 25.3 Å². The minimum atomic E-state index is -1.15. The number of nitrogens with two attached hydrogens (primary N) is 1. The van der Waals surface area contributed by atoms with E-state index in [1.807, 2.05) is 0 Å². The lowest BCUT2D eigenvalue weighted by Crippen LogP contribution is -2.25. The molecule has 6 heteroatoms. The van der Waals surface area contributed by atoms with Gasteiger partial charge in [-0.3, -0.25) is 4.79 Å². The highest BCUT2D eigenvalue weighted by molar-refractivity contribution is 5.90. The zero-order chi connectivity index (χ0) is 17.5. The number of primary amides is 1. The van der Waals surface area contributed by atoms with Crippen LogP contribution in [0.2, 0.25) is 0 Å². The summed E-state index contributed by atoms with van der Waals surface area (Å²) in [5.41, 5.74) is 6.41. The molecule has 1 unspecified atom stereocenters. The number of phenolic OH excluding ortho intramolecular Hbond substituents is 1. The molecule has 0 aromatic heterocycles. The topological polar surface area (TPSA) is 98.9 Å². The van der Waals surface area contributed by atoms with Crippen LogP contribution in [-0.2, 0) is 14.3 Å². The molecule has 24 heavy (non-hydrogen) atoms. The molecular formula is C18H17NO5. The van der Waals surface area contributed by atoms with Crippen molar-refractivity contribution < 1.29 is 24.2 Å².